The van der Waals surface area contributed by atoms with E-state index >= 15 is 0 Å². The Bertz CT molecular complexity index is 333. The highest BCUT2D eigenvalue weighted by Crippen LogP contribution is 2.24. The number of carbonyl (C=O) groups is 2. The van der Waals surface area contributed by atoms with E-state index in [2.05, 4.69) is 12.2 Å². The summed E-state index contributed by atoms with van der Waals surface area (Å²) in [6.45, 7) is 1.22. The molecule has 18 heavy (non-hydrogen) atoms. The normalized spacial score (nSPS) is 22.8. The zero-order valence-electron chi connectivity index (χ0n) is 10.7. The van der Waals surface area contributed by atoms with Gasteiger partial charge in [0, 0.05) is 19.0 Å². The van der Waals surface area contributed by atoms with Gasteiger partial charge in [0.2, 0.25) is 5.91 Å². The number of amides is 1. The Kier molecular flexibility index (Phi) is 4.39. The zero-order chi connectivity index (χ0) is 13.0. The van der Waals surface area contributed by atoms with Crippen LogP contribution in [0, 0.1) is 11.8 Å². The van der Waals surface area contributed by atoms with Crippen LogP contribution in [0.25, 0.3) is 0 Å². The fourth-order valence-electron chi connectivity index (χ4n) is 2.83. The highest BCUT2D eigenvalue weighted by molar-refractivity contribution is 5.79. The average molecular weight is 251 g/mol. The molecule has 1 heterocycles. The first-order valence-corrected chi connectivity index (χ1v) is 6.85. The van der Waals surface area contributed by atoms with Gasteiger partial charge in [-0.2, -0.15) is 0 Å². The second-order valence-corrected chi connectivity index (χ2v) is 5.26. The number of aliphatic carboxylic acids is 1. The number of carboxylic acids is 1. The van der Waals surface area contributed by atoms with Crippen molar-refractivity contribution in [2.45, 2.75) is 38.5 Å². The SMILES string of the molecule is O=C(O)C1CCN(C(=O)C2CCC=CCC2)CC1. The van der Waals surface area contributed by atoms with Crippen LogP contribution in [0.3, 0.4) is 0 Å². The molecular formula is C14H21NO3. The van der Waals surface area contributed by atoms with Crippen LogP contribution in [-0.4, -0.2) is 35.0 Å². The second-order valence-electron chi connectivity index (χ2n) is 5.26. The third-order valence-electron chi connectivity index (χ3n) is 4.04. The summed E-state index contributed by atoms with van der Waals surface area (Å²) < 4.78 is 0. The van der Waals surface area contributed by atoms with Gasteiger partial charge in [0.1, 0.15) is 0 Å². The summed E-state index contributed by atoms with van der Waals surface area (Å²) in [6, 6.07) is 0. The van der Waals surface area contributed by atoms with Crippen molar-refractivity contribution in [1.29, 1.82) is 0 Å². The molecule has 2 rings (SSSR count). The van der Waals surface area contributed by atoms with Gasteiger partial charge in [0.05, 0.1) is 5.92 Å². The molecule has 1 fully saturated rings. The summed E-state index contributed by atoms with van der Waals surface area (Å²) >= 11 is 0. The van der Waals surface area contributed by atoms with Crippen molar-refractivity contribution in [2.24, 2.45) is 11.8 Å². The highest BCUT2D eigenvalue weighted by atomic mass is 16.4. The van der Waals surface area contributed by atoms with Crippen molar-refractivity contribution in [2.75, 3.05) is 13.1 Å². The van der Waals surface area contributed by atoms with Gasteiger partial charge in [0.15, 0.2) is 0 Å². The van der Waals surface area contributed by atoms with Crippen LogP contribution < -0.4 is 0 Å². The molecule has 100 valence electrons. The third kappa shape index (κ3) is 3.12. The number of piperidine rings is 1. The van der Waals surface area contributed by atoms with E-state index in [-0.39, 0.29) is 17.7 Å². The molecule has 0 aromatic rings. The monoisotopic (exact) mass is 251 g/mol. The van der Waals surface area contributed by atoms with E-state index < -0.39 is 5.97 Å². The quantitative estimate of drug-likeness (QED) is 0.764. The van der Waals surface area contributed by atoms with Gasteiger partial charge >= 0.3 is 5.97 Å². The Balaban J connectivity index is 1.85. The lowest BCUT2D eigenvalue weighted by Gasteiger charge is -2.32. The molecule has 0 aromatic carbocycles. The minimum Gasteiger partial charge on any atom is -0.481 e. The van der Waals surface area contributed by atoms with Gasteiger partial charge in [-0.3, -0.25) is 9.59 Å². The van der Waals surface area contributed by atoms with Gasteiger partial charge in [-0.1, -0.05) is 12.2 Å². The molecule has 4 heteroatoms. The Hall–Kier alpha value is -1.32. The molecule has 4 nitrogen and oxygen atoms in total. The van der Waals surface area contributed by atoms with Crippen molar-refractivity contribution >= 4 is 11.9 Å². The fourth-order valence-corrected chi connectivity index (χ4v) is 2.83. The minimum atomic E-state index is -0.722. The van der Waals surface area contributed by atoms with E-state index in [1.807, 2.05) is 4.90 Å². The van der Waals surface area contributed by atoms with Crippen LogP contribution in [0.5, 0.6) is 0 Å². The number of likely N-dealkylation sites (tertiary alicyclic amines) is 1. The molecule has 1 N–H and O–H groups in total. The van der Waals surface area contributed by atoms with E-state index in [4.69, 9.17) is 5.11 Å². The summed E-state index contributed by atoms with van der Waals surface area (Å²) in [4.78, 5) is 25.1. The van der Waals surface area contributed by atoms with Crippen molar-refractivity contribution < 1.29 is 14.7 Å². The number of allylic oxidation sites excluding steroid dienone is 2. The Morgan fingerprint density at radius 2 is 1.50 bits per heavy atom. The number of hydrogen-bond donors (Lipinski definition) is 1. The summed E-state index contributed by atoms with van der Waals surface area (Å²) in [5.41, 5.74) is 0. The second kappa shape index (κ2) is 6.03. The van der Waals surface area contributed by atoms with Crippen molar-refractivity contribution in [3.63, 3.8) is 0 Å². The predicted octanol–water partition coefficient (Wildman–Crippen LogP) is 2.06. The van der Waals surface area contributed by atoms with Crippen LogP contribution in [0.4, 0.5) is 0 Å². The zero-order valence-corrected chi connectivity index (χ0v) is 10.7. The Morgan fingerprint density at radius 1 is 0.944 bits per heavy atom. The van der Waals surface area contributed by atoms with E-state index in [1.165, 1.54) is 0 Å². The number of rotatable bonds is 2. The molecule has 0 radical (unpaired) electrons. The number of nitrogens with zero attached hydrogens (tertiary/aromatic N) is 1. The number of carbonyl (C=O) groups excluding carboxylic acids is 1. The first-order chi connectivity index (χ1) is 8.68. The lowest BCUT2D eigenvalue weighted by Crippen LogP contribution is -2.43. The van der Waals surface area contributed by atoms with Crippen LogP contribution in [0.2, 0.25) is 0 Å². The lowest BCUT2D eigenvalue weighted by atomic mass is 9.93. The predicted molar refractivity (Wildman–Crippen MR) is 68.0 cm³/mol. The molecule has 1 aliphatic heterocycles. The maximum atomic E-state index is 12.3. The first kappa shape index (κ1) is 13.1. The molecule has 1 saturated heterocycles. The Labute approximate surface area is 108 Å². The summed E-state index contributed by atoms with van der Waals surface area (Å²) in [7, 11) is 0. The highest BCUT2D eigenvalue weighted by Gasteiger charge is 2.30. The maximum absolute atomic E-state index is 12.3. The molecule has 0 aromatic heterocycles. The van der Waals surface area contributed by atoms with Crippen LogP contribution >= 0.6 is 0 Å². The summed E-state index contributed by atoms with van der Waals surface area (Å²) in [6.07, 6.45) is 9.37. The van der Waals surface area contributed by atoms with Gasteiger partial charge in [-0.15, -0.1) is 0 Å². The third-order valence-corrected chi connectivity index (χ3v) is 4.04. The first-order valence-electron chi connectivity index (χ1n) is 6.85. The number of carboxylic acid groups (broad SMARTS) is 1. The van der Waals surface area contributed by atoms with Gasteiger partial charge in [0.25, 0.3) is 0 Å². The minimum absolute atomic E-state index is 0.140. The number of hydrogen-bond acceptors (Lipinski definition) is 2. The van der Waals surface area contributed by atoms with Crippen LogP contribution in [0.1, 0.15) is 38.5 Å². The van der Waals surface area contributed by atoms with E-state index in [1.54, 1.807) is 0 Å². The lowest BCUT2D eigenvalue weighted by molar-refractivity contribution is -0.146. The summed E-state index contributed by atoms with van der Waals surface area (Å²) in [5.74, 6) is -0.602. The van der Waals surface area contributed by atoms with E-state index in [0.717, 1.165) is 25.7 Å². The molecule has 0 unspecified atom stereocenters. The molecule has 2 aliphatic rings. The van der Waals surface area contributed by atoms with Crippen molar-refractivity contribution in [3.05, 3.63) is 12.2 Å². The molecule has 0 atom stereocenters. The fraction of sp³-hybridized carbons (Fsp3) is 0.714. The van der Waals surface area contributed by atoms with Gasteiger partial charge in [-0.25, -0.2) is 0 Å². The molecular weight excluding hydrogens is 230 g/mol. The molecule has 1 amide bonds. The summed E-state index contributed by atoms with van der Waals surface area (Å²) in [5, 5.41) is 8.94. The molecule has 0 saturated carbocycles. The molecule has 0 bridgehead atoms. The van der Waals surface area contributed by atoms with E-state index in [9.17, 15) is 9.59 Å². The molecule has 1 aliphatic carbocycles. The smallest absolute Gasteiger partial charge is 0.306 e. The Morgan fingerprint density at radius 3 is 2.00 bits per heavy atom. The van der Waals surface area contributed by atoms with Gasteiger partial charge in [-0.05, 0) is 38.5 Å². The van der Waals surface area contributed by atoms with E-state index in [0.29, 0.717) is 25.9 Å². The van der Waals surface area contributed by atoms with Crippen molar-refractivity contribution in [3.8, 4) is 0 Å². The van der Waals surface area contributed by atoms with Gasteiger partial charge < -0.3 is 10.0 Å². The van der Waals surface area contributed by atoms with Crippen LogP contribution in [-0.2, 0) is 9.59 Å². The molecule has 0 spiro atoms. The largest absolute Gasteiger partial charge is 0.481 e. The standard InChI is InChI=1S/C14H21NO3/c16-13(11-5-3-1-2-4-6-11)15-9-7-12(8-10-15)14(17)18/h1-2,11-12H,3-10H2,(H,17,18). The topological polar surface area (TPSA) is 57.6 Å². The van der Waals surface area contributed by atoms with Crippen molar-refractivity contribution in [1.82, 2.24) is 4.90 Å². The van der Waals surface area contributed by atoms with Crippen LogP contribution in [0.15, 0.2) is 12.2 Å². The maximum Gasteiger partial charge on any atom is 0.306 e. The average Bonchev–Trinajstić information content (AvgIpc) is 2.67.